The van der Waals surface area contributed by atoms with Crippen molar-refractivity contribution in [2.75, 3.05) is 18.0 Å². The quantitative estimate of drug-likeness (QED) is 0.765. The van der Waals surface area contributed by atoms with Gasteiger partial charge in [-0.05, 0) is 24.7 Å². The molecule has 86 valence electrons. The van der Waals surface area contributed by atoms with Gasteiger partial charge >= 0.3 is 0 Å². The summed E-state index contributed by atoms with van der Waals surface area (Å²) in [4.78, 5) is 10.8. The Morgan fingerprint density at radius 2 is 2.19 bits per heavy atom. The Labute approximate surface area is 95.9 Å². The van der Waals surface area contributed by atoms with Crippen LogP contribution in [0.3, 0.4) is 0 Å². The third kappa shape index (κ3) is 1.67. The molecule has 4 heteroatoms. The molecule has 2 N–H and O–H groups in total. The van der Waals surface area contributed by atoms with Crippen LogP contribution in [-0.2, 0) is 0 Å². The Morgan fingerprint density at radius 3 is 2.94 bits per heavy atom. The summed E-state index contributed by atoms with van der Waals surface area (Å²) in [5.74, 6) is 2.44. The predicted molar refractivity (Wildman–Crippen MR) is 63.1 cm³/mol. The summed E-state index contributed by atoms with van der Waals surface area (Å²) in [6, 6.07) is 0.389. The highest BCUT2D eigenvalue weighted by Gasteiger charge is 2.39. The molecular formula is C12H18N4. The third-order valence-corrected chi connectivity index (χ3v) is 4.03. The van der Waals surface area contributed by atoms with Crippen molar-refractivity contribution < 1.29 is 0 Å². The van der Waals surface area contributed by atoms with E-state index in [0.29, 0.717) is 12.0 Å². The van der Waals surface area contributed by atoms with Crippen LogP contribution in [0.15, 0.2) is 18.6 Å². The van der Waals surface area contributed by atoms with Crippen LogP contribution in [-0.4, -0.2) is 29.1 Å². The molecule has 2 heterocycles. The fourth-order valence-electron chi connectivity index (χ4n) is 3.16. The van der Waals surface area contributed by atoms with E-state index in [2.05, 4.69) is 14.9 Å². The highest BCUT2D eigenvalue weighted by molar-refractivity contribution is 5.37. The second-order valence-corrected chi connectivity index (χ2v) is 4.99. The van der Waals surface area contributed by atoms with Gasteiger partial charge in [0.15, 0.2) is 0 Å². The van der Waals surface area contributed by atoms with Gasteiger partial charge in [0, 0.05) is 31.5 Å². The fourth-order valence-corrected chi connectivity index (χ4v) is 3.16. The molecule has 2 fully saturated rings. The first-order valence-electron chi connectivity index (χ1n) is 6.11. The SMILES string of the molecule is NC1CCCC2CN(c3cnccn3)CC12. The molecule has 0 aromatic carbocycles. The van der Waals surface area contributed by atoms with Crippen LogP contribution in [0, 0.1) is 11.8 Å². The van der Waals surface area contributed by atoms with Crippen molar-refractivity contribution in [1.29, 1.82) is 0 Å². The molecule has 1 aliphatic carbocycles. The van der Waals surface area contributed by atoms with E-state index in [0.717, 1.165) is 24.8 Å². The molecule has 1 aromatic rings. The van der Waals surface area contributed by atoms with Gasteiger partial charge < -0.3 is 10.6 Å². The van der Waals surface area contributed by atoms with Gasteiger partial charge in [-0.2, -0.15) is 0 Å². The van der Waals surface area contributed by atoms with Gasteiger partial charge in [-0.3, -0.25) is 4.98 Å². The summed E-state index contributed by atoms with van der Waals surface area (Å²) in [6.07, 6.45) is 9.14. The molecule has 3 unspecified atom stereocenters. The van der Waals surface area contributed by atoms with E-state index in [4.69, 9.17) is 5.73 Å². The first-order chi connectivity index (χ1) is 7.84. The van der Waals surface area contributed by atoms with E-state index in [-0.39, 0.29) is 0 Å². The van der Waals surface area contributed by atoms with E-state index < -0.39 is 0 Å². The average molecular weight is 218 g/mol. The zero-order chi connectivity index (χ0) is 11.0. The van der Waals surface area contributed by atoms with Crippen LogP contribution in [0.1, 0.15) is 19.3 Å². The lowest BCUT2D eigenvalue weighted by Crippen LogP contribution is -2.38. The predicted octanol–water partition coefficient (Wildman–Crippen LogP) is 1.04. The number of hydrogen-bond donors (Lipinski definition) is 1. The minimum absolute atomic E-state index is 0.389. The normalized spacial score (nSPS) is 33.8. The molecule has 2 aliphatic rings. The minimum atomic E-state index is 0.389. The Balaban J connectivity index is 1.77. The molecule has 1 aromatic heterocycles. The lowest BCUT2D eigenvalue weighted by atomic mass is 9.78. The molecule has 16 heavy (non-hydrogen) atoms. The van der Waals surface area contributed by atoms with Gasteiger partial charge in [0.25, 0.3) is 0 Å². The van der Waals surface area contributed by atoms with Crippen molar-refractivity contribution in [1.82, 2.24) is 9.97 Å². The van der Waals surface area contributed by atoms with Crippen molar-refractivity contribution in [2.45, 2.75) is 25.3 Å². The maximum atomic E-state index is 6.20. The third-order valence-electron chi connectivity index (χ3n) is 4.03. The minimum Gasteiger partial charge on any atom is -0.355 e. The Hall–Kier alpha value is -1.16. The van der Waals surface area contributed by atoms with Crippen LogP contribution in [0.5, 0.6) is 0 Å². The molecule has 1 saturated carbocycles. The van der Waals surface area contributed by atoms with Gasteiger partial charge in [0.05, 0.1) is 6.20 Å². The molecule has 3 atom stereocenters. The summed E-state index contributed by atoms with van der Waals surface area (Å²) in [5, 5.41) is 0. The number of nitrogens with two attached hydrogens (primary N) is 1. The largest absolute Gasteiger partial charge is 0.355 e. The van der Waals surface area contributed by atoms with Crippen molar-refractivity contribution in [3.63, 3.8) is 0 Å². The highest BCUT2D eigenvalue weighted by atomic mass is 15.2. The number of rotatable bonds is 1. The zero-order valence-corrected chi connectivity index (χ0v) is 9.42. The van der Waals surface area contributed by atoms with E-state index in [1.165, 1.54) is 19.3 Å². The van der Waals surface area contributed by atoms with Gasteiger partial charge in [0.1, 0.15) is 5.82 Å². The van der Waals surface area contributed by atoms with Crippen molar-refractivity contribution in [3.05, 3.63) is 18.6 Å². The maximum Gasteiger partial charge on any atom is 0.147 e. The number of aromatic nitrogens is 2. The second kappa shape index (κ2) is 4.01. The molecule has 0 spiro atoms. The summed E-state index contributed by atoms with van der Waals surface area (Å²) in [5.41, 5.74) is 6.20. The van der Waals surface area contributed by atoms with Gasteiger partial charge in [0.2, 0.25) is 0 Å². The molecule has 0 bridgehead atoms. The summed E-state index contributed by atoms with van der Waals surface area (Å²) in [7, 11) is 0. The lowest BCUT2D eigenvalue weighted by molar-refractivity contribution is 0.260. The first-order valence-corrected chi connectivity index (χ1v) is 6.11. The van der Waals surface area contributed by atoms with Crippen LogP contribution < -0.4 is 10.6 Å². The smallest absolute Gasteiger partial charge is 0.147 e. The molecule has 0 radical (unpaired) electrons. The number of anilines is 1. The Morgan fingerprint density at radius 1 is 1.25 bits per heavy atom. The summed E-state index contributed by atoms with van der Waals surface area (Å²) in [6.45, 7) is 2.17. The Bertz CT molecular complexity index is 353. The van der Waals surface area contributed by atoms with E-state index >= 15 is 0 Å². The first kappa shape index (κ1) is 10.0. The van der Waals surface area contributed by atoms with Crippen LogP contribution >= 0.6 is 0 Å². The molecular weight excluding hydrogens is 200 g/mol. The molecule has 1 aliphatic heterocycles. The standard InChI is InChI=1S/C12H18N4/c13-11-3-1-2-9-7-16(8-10(9)11)12-6-14-4-5-15-12/h4-6,9-11H,1-3,7-8,13H2. The number of hydrogen-bond acceptors (Lipinski definition) is 4. The van der Waals surface area contributed by atoms with Crippen LogP contribution in [0.2, 0.25) is 0 Å². The lowest BCUT2D eigenvalue weighted by Gasteiger charge is -2.29. The van der Waals surface area contributed by atoms with E-state index in [9.17, 15) is 0 Å². The van der Waals surface area contributed by atoms with E-state index in [1.54, 1.807) is 12.4 Å². The van der Waals surface area contributed by atoms with Gasteiger partial charge in [-0.25, -0.2) is 4.98 Å². The topological polar surface area (TPSA) is 55.0 Å². The highest BCUT2D eigenvalue weighted by Crippen LogP contribution is 2.36. The number of fused-ring (bicyclic) bond motifs is 1. The molecule has 0 amide bonds. The molecule has 4 nitrogen and oxygen atoms in total. The number of nitrogens with zero attached hydrogens (tertiary/aromatic N) is 3. The molecule has 1 saturated heterocycles. The Kier molecular flexibility index (Phi) is 2.52. The van der Waals surface area contributed by atoms with Gasteiger partial charge in [-0.1, -0.05) is 6.42 Å². The van der Waals surface area contributed by atoms with Crippen LogP contribution in [0.4, 0.5) is 5.82 Å². The molecule has 3 rings (SSSR count). The van der Waals surface area contributed by atoms with Gasteiger partial charge in [-0.15, -0.1) is 0 Å². The van der Waals surface area contributed by atoms with Crippen molar-refractivity contribution in [3.8, 4) is 0 Å². The summed E-state index contributed by atoms with van der Waals surface area (Å²) >= 11 is 0. The summed E-state index contributed by atoms with van der Waals surface area (Å²) < 4.78 is 0. The average Bonchev–Trinajstić information content (AvgIpc) is 2.76. The van der Waals surface area contributed by atoms with Crippen molar-refractivity contribution in [2.24, 2.45) is 17.6 Å². The monoisotopic (exact) mass is 218 g/mol. The van der Waals surface area contributed by atoms with Crippen molar-refractivity contribution >= 4 is 5.82 Å². The second-order valence-electron chi connectivity index (χ2n) is 4.99. The van der Waals surface area contributed by atoms with Crippen LogP contribution in [0.25, 0.3) is 0 Å². The zero-order valence-electron chi connectivity index (χ0n) is 9.42. The fraction of sp³-hybridized carbons (Fsp3) is 0.667. The maximum absolute atomic E-state index is 6.20. The van der Waals surface area contributed by atoms with E-state index in [1.807, 2.05) is 6.20 Å².